The van der Waals surface area contributed by atoms with Crippen molar-refractivity contribution in [1.82, 2.24) is 10.2 Å². The van der Waals surface area contributed by atoms with Crippen LogP contribution in [0.2, 0.25) is 0 Å². The van der Waals surface area contributed by atoms with Gasteiger partial charge in [0.1, 0.15) is 0 Å². The van der Waals surface area contributed by atoms with Gasteiger partial charge in [-0.1, -0.05) is 26.7 Å². The topological polar surface area (TPSA) is 15.3 Å². The van der Waals surface area contributed by atoms with Crippen molar-refractivity contribution in [3.8, 4) is 0 Å². The molecular formula is C14H28N2. The van der Waals surface area contributed by atoms with Crippen LogP contribution in [-0.2, 0) is 0 Å². The van der Waals surface area contributed by atoms with E-state index in [0.717, 1.165) is 6.04 Å². The minimum atomic E-state index is 0.593. The van der Waals surface area contributed by atoms with Crippen LogP contribution in [0.25, 0.3) is 0 Å². The number of likely N-dealkylation sites (tertiary alicyclic amines) is 1. The average molecular weight is 224 g/mol. The molecule has 2 fully saturated rings. The maximum Gasteiger partial charge on any atom is 0.0107 e. The molecule has 1 N–H and O–H groups in total. The molecule has 1 aliphatic heterocycles. The minimum absolute atomic E-state index is 0.593. The fourth-order valence-corrected chi connectivity index (χ4v) is 2.94. The van der Waals surface area contributed by atoms with Crippen molar-refractivity contribution in [3.63, 3.8) is 0 Å². The Kier molecular flexibility index (Phi) is 4.26. The van der Waals surface area contributed by atoms with E-state index < -0.39 is 0 Å². The zero-order valence-corrected chi connectivity index (χ0v) is 11.1. The van der Waals surface area contributed by atoms with E-state index in [1.807, 2.05) is 0 Å². The van der Waals surface area contributed by atoms with Gasteiger partial charge in [-0.25, -0.2) is 0 Å². The molecule has 16 heavy (non-hydrogen) atoms. The van der Waals surface area contributed by atoms with Gasteiger partial charge in [-0.15, -0.1) is 0 Å². The molecule has 1 aliphatic carbocycles. The first-order valence-corrected chi connectivity index (χ1v) is 7.11. The van der Waals surface area contributed by atoms with Gasteiger partial charge in [0.05, 0.1) is 0 Å². The summed E-state index contributed by atoms with van der Waals surface area (Å²) in [6, 6.07) is 0.834. The molecule has 0 aromatic carbocycles. The largest absolute Gasteiger partial charge is 0.313 e. The van der Waals surface area contributed by atoms with Gasteiger partial charge in [0.15, 0.2) is 0 Å². The molecule has 2 nitrogen and oxygen atoms in total. The van der Waals surface area contributed by atoms with E-state index in [9.17, 15) is 0 Å². The monoisotopic (exact) mass is 224 g/mol. The third kappa shape index (κ3) is 3.74. The Balaban J connectivity index is 1.56. The minimum Gasteiger partial charge on any atom is -0.313 e. The van der Waals surface area contributed by atoms with Gasteiger partial charge in [-0.2, -0.15) is 0 Å². The first kappa shape index (κ1) is 12.4. The SMILES string of the molecule is CC1(C)CCN(CCNC2CCCC2)CC1. The van der Waals surface area contributed by atoms with Gasteiger partial charge in [0.2, 0.25) is 0 Å². The Morgan fingerprint density at radius 3 is 2.38 bits per heavy atom. The van der Waals surface area contributed by atoms with Gasteiger partial charge in [0, 0.05) is 19.1 Å². The predicted molar refractivity (Wildman–Crippen MR) is 69.7 cm³/mol. The quantitative estimate of drug-likeness (QED) is 0.790. The number of hydrogen-bond acceptors (Lipinski definition) is 2. The van der Waals surface area contributed by atoms with Crippen LogP contribution in [0, 0.1) is 5.41 Å². The fourth-order valence-electron chi connectivity index (χ4n) is 2.94. The van der Waals surface area contributed by atoms with Crippen molar-refractivity contribution in [2.24, 2.45) is 5.41 Å². The molecule has 2 aliphatic rings. The molecule has 0 radical (unpaired) electrons. The lowest BCUT2D eigenvalue weighted by Gasteiger charge is -2.37. The molecular weight excluding hydrogens is 196 g/mol. The highest BCUT2D eigenvalue weighted by molar-refractivity contribution is 4.79. The molecule has 94 valence electrons. The van der Waals surface area contributed by atoms with Gasteiger partial charge >= 0.3 is 0 Å². The van der Waals surface area contributed by atoms with Gasteiger partial charge < -0.3 is 10.2 Å². The summed E-state index contributed by atoms with van der Waals surface area (Å²) in [6.45, 7) is 9.87. The van der Waals surface area contributed by atoms with Crippen LogP contribution in [-0.4, -0.2) is 37.1 Å². The third-order valence-electron chi connectivity index (χ3n) is 4.43. The number of rotatable bonds is 4. The van der Waals surface area contributed by atoms with E-state index in [-0.39, 0.29) is 0 Å². The Morgan fingerprint density at radius 2 is 1.75 bits per heavy atom. The van der Waals surface area contributed by atoms with Crippen molar-refractivity contribution in [1.29, 1.82) is 0 Å². The lowest BCUT2D eigenvalue weighted by molar-refractivity contribution is 0.132. The maximum atomic E-state index is 3.71. The molecule has 1 heterocycles. The van der Waals surface area contributed by atoms with Crippen LogP contribution in [0.1, 0.15) is 52.4 Å². The zero-order chi connectivity index (χ0) is 11.4. The molecule has 0 aromatic rings. The summed E-state index contributed by atoms with van der Waals surface area (Å²) in [5, 5.41) is 3.71. The fraction of sp³-hybridized carbons (Fsp3) is 1.00. The first-order valence-electron chi connectivity index (χ1n) is 7.11. The second-order valence-corrected chi connectivity index (χ2v) is 6.44. The van der Waals surface area contributed by atoms with E-state index in [4.69, 9.17) is 0 Å². The van der Waals surface area contributed by atoms with E-state index in [1.54, 1.807) is 0 Å². The molecule has 1 saturated heterocycles. The first-order chi connectivity index (χ1) is 7.66. The second kappa shape index (κ2) is 5.50. The number of piperidine rings is 1. The second-order valence-electron chi connectivity index (χ2n) is 6.44. The summed E-state index contributed by atoms with van der Waals surface area (Å²) in [7, 11) is 0. The molecule has 0 unspecified atom stereocenters. The average Bonchev–Trinajstić information content (AvgIpc) is 2.73. The highest BCUT2D eigenvalue weighted by Crippen LogP contribution is 2.29. The summed E-state index contributed by atoms with van der Waals surface area (Å²) < 4.78 is 0. The molecule has 2 heteroatoms. The highest BCUT2D eigenvalue weighted by atomic mass is 15.1. The number of nitrogens with zero attached hydrogens (tertiary/aromatic N) is 1. The molecule has 2 rings (SSSR count). The van der Waals surface area contributed by atoms with Gasteiger partial charge in [0.25, 0.3) is 0 Å². The van der Waals surface area contributed by atoms with Gasteiger partial charge in [-0.3, -0.25) is 0 Å². The van der Waals surface area contributed by atoms with Crippen molar-refractivity contribution < 1.29 is 0 Å². The standard InChI is InChI=1S/C14H28N2/c1-14(2)7-10-16(11-8-14)12-9-15-13-5-3-4-6-13/h13,15H,3-12H2,1-2H3. The van der Waals surface area contributed by atoms with Gasteiger partial charge in [-0.05, 0) is 44.2 Å². The summed E-state index contributed by atoms with van der Waals surface area (Å²) in [5.74, 6) is 0. The van der Waals surface area contributed by atoms with Crippen molar-refractivity contribution in [3.05, 3.63) is 0 Å². The Bertz CT molecular complexity index is 197. The van der Waals surface area contributed by atoms with E-state index >= 15 is 0 Å². The number of hydrogen-bond donors (Lipinski definition) is 1. The third-order valence-corrected chi connectivity index (χ3v) is 4.43. The molecule has 0 spiro atoms. The van der Waals surface area contributed by atoms with E-state index in [0.29, 0.717) is 5.41 Å². The summed E-state index contributed by atoms with van der Waals surface area (Å²) in [6.07, 6.45) is 8.44. The molecule has 1 saturated carbocycles. The van der Waals surface area contributed by atoms with Crippen LogP contribution in [0.15, 0.2) is 0 Å². The van der Waals surface area contributed by atoms with Crippen LogP contribution >= 0.6 is 0 Å². The summed E-state index contributed by atoms with van der Waals surface area (Å²) in [4.78, 5) is 2.63. The molecule has 0 atom stereocenters. The van der Waals surface area contributed by atoms with Crippen LogP contribution in [0.4, 0.5) is 0 Å². The summed E-state index contributed by atoms with van der Waals surface area (Å²) in [5.41, 5.74) is 0.593. The Hall–Kier alpha value is -0.0800. The van der Waals surface area contributed by atoms with Crippen LogP contribution < -0.4 is 5.32 Å². The normalized spacial score (nSPS) is 27.4. The van der Waals surface area contributed by atoms with E-state index in [2.05, 4.69) is 24.1 Å². The highest BCUT2D eigenvalue weighted by Gasteiger charge is 2.25. The zero-order valence-electron chi connectivity index (χ0n) is 11.1. The molecule has 0 bridgehead atoms. The van der Waals surface area contributed by atoms with Crippen LogP contribution in [0.5, 0.6) is 0 Å². The number of nitrogens with one attached hydrogen (secondary N) is 1. The molecule has 0 aromatic heterocycles. The summed E-state index contributed by atoms with van der Waals surface area (Å²) >= 11 is 0. The lowest BCUT2D eigenvalue weighted by atomic mass is 9.83. The lowest BCUT2D eigenvalue weighted by Crippen LogP contribution is -2.42. The predicted octanol–water partition coefficient (Wildman–Crippen LogP) is 2.64. The smallest absolute Gasteiger partial charge is 0.0107 e. The Morgan fingerprint density at radius 1 is 1.12 bits per heavy atom. The van der Waals surface area contributed by atoms with Crippen molar-refractivity contribution >= 4 is 0 Å². The van der Waals surface area contributed by atoms with E-state index in [1.165, 1.54) is 64.7 Å². The Labute approximate surface area is 101 Å². The van der Waals surface area contributed by atoms with Crippen molar-refractivity contribution in [2.75, 3.05) is 26.2 Å². The van der Waals surface area contributed by atoms with Crippen molar-refractivity contribution in [2.45, 2.75) is 58.4 Å². The van der Waals surface area contributed by atoms with Crippen LogP contribution in [0.3, 0.4) is 0 Å². The maximum absolute atomic E-state index is 3.71. The molecule has 0 amide bonds.